The van der Waals surface area contributed by atoms with Gasteiger partial charge < -0.3 is 10.6 Å². The molecule has 0 unspecified atom stereocenters. The van der Waals surface area contributed by atoms with Crippen LogP contribution in [0.1, 0.15) is 35.7 Å². The number of aryl methyl sites for hydroxylation is 1. The van der Waals surface area contributed by atoms with Gasteiger partial charge in [0.05, 0.1) is 5.56 Å². The van der Waals surface area contributed by atoms with Gasteiger partial charge in [-0.3, -0.25) is 4.79 Å². The van der Waals surface area contributed by atoms with Crippen LogP contribution in [0.2, 0.25) is 0 Å². The van der Waals surface area contributed by atoms with Gasteiger partial charge in [0, 0.05) is 25.5 Å². The summed E-state index contributed by atoms with van der Waals surface area (Å²) in [6.45, 7) is 3.48. The zero-order chi connectivity index (χ0) is 15.6. The van der Waals surface area contributed by atoms with Crippen LogP contribution < -0.4 is 10.6 Å². The summed E-state index contributed by atoms with van der Waals surface area (Å²) in [4.78, 5) is 20.1. The van der Waals surface area contributed by atoms with E-state index in [0.717, 1.165) is 25.8 Å². The molecule has 2 N–H and O–H groups in total. The first-order valence-corrected chi connectivity index (χ1v) is 7.67. The largest absolute Gasteiger partial charge is 0.354 e. The molecule has 1 heterocycles. The van der Waals surface area contributed by atoms with Crippen molar-refractivity contribution in [2.75, 3.05) is 18.4 Å². The molecule has 0 aliphatic carbocycles. The van der Waals surface area contributed by atoms with Gasteiger partial charge in [-0.1, -0.05) is 37.3 Å². The molecule has 1 amide bonds. The van der Waals surface area contributed by atoms with Gasteiger partial charge in [0.25, 0.3) is 5.91 Å². The maximum atomic E-state index is 11.7. The number of carbonyl (C=O) groups is 1. The lowest BCUT2D eigenvalue weighted by Gasteiger charge is -2.06. The first kappa shape index (κ1) is 15.9. The fourth-order valence-electron chi connectivity index (χ4n) is 2.01. The summed E-state index contributed by atoms with van der Waals surface area (Å²) in [5, 5.41) is 5.97. The number of nitrogens with zero attached hydrogens (tertiary/aromatic N) is 2. The lowest BCUT2D eigenvalue weighted by molar-refractivity contribution is 0.0953. The predicted octanol–water partition coefficient (Wildman–Crippen LogP) is 2.66. The fraction of sp³-hybridized carbons (Fsp3) is 0.353. The van der Waals surface area contributed by atoms with Crippen molar-refractivity contribution in [3.8, 4) is 0 Å². The number of amides is 1. The highest BCUT2D eigenvalue weighted by atomic mass is 16.1. The van der Waals surface area contributed by atoms with Crippen molar-refractivity contribution in [3.05, 3.63) is 53.9 Å². The Morgan fingerprint density at radius 1 is 1.09 bits per heavy atom. The Balaban J connectivity index is 1.73. The molecule has 0 saturated heterocycles. The quantitative estimate of drug-likeness (QED) is 0.735. The van der Waals surface area contributed by atoms with Crippen molar-refractivity contribution in [1.82, 2.24) is 15.3 Å². The third-order valence-electron chi connectivity index (χ3n) is 3.22. The van der Waals surface area contributed by atoms with Gasteiger partial charge in [-0.25, -0.2) is 9.97 Å². The normalized spacial score (nSPS) is 10.2. The Morgan fingerprint density at radius 2 is 1.82 bits per heavy atom. The molecular weight excluding hydrogens is 276 g/mol. The highest BCUT2D eigenvalue weighted by Crippen LogP contribution is 2.04. The van der Waals surface area contributed by atoms with Crippen LogP contribution in [0.15, 0.2) is 42.7 Å². The van der Waals surface area contributed by atoms with Crippen molar-refractivity contribution >= 4 is 11.9 Å². The second-order valence-electron chi connectivity index (χ2n) is 5.07. The van der Waals surface area contributed by atoms with Crippen molar-refractivity contribution in [2.45, 2.75) is 26.2 Å². The molecule has 22 heavy (non-hydrogen) atoms. The zero-order valence-electron chi connectivity index (χ0n) is 12.9. The molecule has 5 nitrogen and oxygen atoms in total. The zero-order valence-corrected chi connectivity index (χ0v) is 12.9. The molecule has 0 aliphatic rings. The minimum atomic E-state index is -0.127. The molecule has 0 fully saturated rings. The van der Waals surface area contributed by atoms with Crippen LogP contribution in [0.4, 0.5) is 5.95 Å². The standard InChI is InChI=1S/C17H22N4O/c1-2-10-18-16(22)15-12-20-17(21-13-15)19-11-6-9-14-7-4-3-5-8-14/h3-5,7-8,12-13H,2,6,9-11H2,1H3,(H,18,22)(H,19,20,21). The average molecular weight is 298 g/mol. The number of hydrogen-bond acceptors (Lipinski definition) is 4. The van der Waals surface area contributed by atoms with Gasteiger partial charge in [0.2, 0.25) is 5.95 Å². The summed E-state index contributed by atoms with van der Waals surface area (Å²) < 4.78 is 0. The van der Waals surface area contributed by atoms with Crippen molar-refractivity contribution < 1.29 is 4.79 Å². The first-order valence-electron chi connectivity index (χ1n) is 7.67. The van der Waals surface area contributed by atoms with Gasteiger partial charge in [-0.05, 0) is 24.8 Å². The summed E-state index contributed by atoms with van der Waals surface area (Å²) >= 11 is 0. The van der Waals surface area contributed by atoms with Crippen molar-refractivity contribution in [3.63, 3.8) is 0 Å². The maximum absolute atomic E-state index is 11.7. The summed E-state index contributed by atoms with van der Waals surface area (Å²) in [7, 11) is 0. The van der Waals surface area contributed by atoms with E-state index in [1.54, 1.807) is 12.4 Å². The Morgan fingerprint density at radius 3 is 2.50 bits per heavy atom. The molecule has 116 valence electrons. The Bertz CT molecular complexity index is 569. The minimum absolute atomic E-state index is 0.127. The molecule has 0 radical (unpaired) electrons. The van der Waals surface area contributed by atoms with Crippen LogP contribution in [0, 0.1) is 0 Å². The highest BCUT2D eigenvalue weighted by molar-refractivity contribution is 5.93. The smallest absolute Gasteiger partial charge is 0.254 e. The van der Waals surface area contributed by atoms with E-state index in [0.29, 0.717) is 18.1 Å². The van der Waals surface area contributed by atoms with Crippen LogP contribution >= 0.6 is 0 Å². The average Bonchev–Trinajstić information content (AvgIpc) is 2.58. The SMILES string of the molecule is CCCNC(=O)c1cnc(NCCCc2ccccc2)nc1. The van der Waals surface area contributed by atoms with Crippen molar-refractivity contribution in [2.24, 2.45) is 0 Å². The van der Waals surface area contributed by atoms with E-state index < -0.39 is 0 Å². The highest BCUT2D eigenvalue weighted by Gasteiger charge is 2.05. The van der Waals surface area contributed by atoms with Gasteiger partial charge in [-0.15, -0.1) is 0 Å². The number of hydrogen-bond donors (Lipinski definition) is 2. The van der Waals surface area contributed by atoms with E-state index in [1.807, 2.05) is 25.1 Å². The number of rotatable bonds is 8. The van der Waals surface area contributed by atoms with E-state index in [9.17, 15) is 4.79 Å². The van der Waals surface area contributed by atoms with Crippen LogP contribution in [0.5, 0.6) is 0 Å². The first-order chi connectivity index (χ1) is 10.8. The fourth-order valence-corrected chi connectivity index (χ4v) is 2.01. The minimum Gasteiger partial charge on any atom is -0.354 e. The van der Waals surface area contributed by atoms with Gasteiger partial charge >= 0.3 is 0 Å². The van der Waals surface area contributed by atoms with Crippen LogP contribution in [-0.4, -0.2) is 29.0 Å². The summed E-state index contributed by atoms with van der Waals surface area (Å²) in [5.41, 5.74) is 1.82. The van der Waals surface area contributed by atoms with Crippen LogP contribution in [0.3, 0.4) is 0 Å². The van der Waals surface area contributed by atoms with E-state index in [2.05, 4.69) is 32.7 Å². The van der Waals surface area contributed by atoms with Gasteiger partial charge in [0.1, 0.15) is 0 Å². The molecule has 0 aliphatic heterocycles. The lowest BCUT2D eigenvalue weighted by Crippen LogP contribution is -2.24. The monoisotopic (exact) mass is 298 g/mol. The number of anilines is 1. The molecule has 2 rings (SSSR count). The third-order valence-corrected chi connectivity index (χ3v) is 3.22. The molecule has 5 heteroatoms. The second-order valence-corrected chi connectivity index (χ2v) is 5.07. The molecule has 2 aromatic rings. The van der Waals surface area contributed by atoms with E-state index in [4.69, 9.17) is 0 Å². The lowest BCUT2D eigenvalue weighted by atomic mass is 10.1. The molecular formula is C17H22N4O. The number of nitrogens with one attached hydrogen (secondary N) is 2. The Kier molecular flexibility index (Phi) is 6.36. The Labute approximate surface area is 131 Å². The van der Waals surface area contributed by atoms with Crippen molar-refractivity contribution in [1.29, 1.82) is 0 Å². The Hall–Kier alpha value is -2.43. The molecule has 0 bridgehead atoms. The van der Waals surface area contributed by atoms with E-state index in [1.165, 1.54) is 5.56 Å². The molecule has 1 aromatic heterocycles. The molecule has 0 spiro atoms. The topological polar surface area (TPSA) is 66.9 Å². The van der Waals surface area contributed by atoms with E-state index >= 15 is 0 Å². The summed E-state index contributed by atoms with van der Waals surface area (Å²) in [6.07, 6.45) is 6.04. The third kappa shape index (κ3) is 5.16. The number of aromatic nitrogens is 2. The second kappa shape index (κ2) is 8.77. The molecule has 1 aromatic carbocycles. The molecule has 0 atom stereocenters. The van der Waals surface area contributed by atoms with Gasteiger partial charge in [-0.2, -0.15) is 0 Å². The molecule has 0 saturated carbocycles. The summed E-state index contributed by atoms with van der Waals surface area (Å²) in [5.74, 6) is 0.428. The number of benzene rings is 1. The predicted molar refractivity (Wildman–Crippen MR) is 87.9 cm³/mol. The van der Waals surface area contributed by atoms with E-state index in [-0.39, 0.29) is 5.91 Å². The maximum Gasteiger partial charge on any atom is 0.254 e. The van der Waals surface area contributed by atoms with Crippen LogP contribution in [-0.2, 0) is 6.42 Å². The number of carbonyl (C=O) groups excluding carboxylic acids is 1. The van der Waals surface area contributed by atoms with Crippen LogP contribution in [0.25, 0.3) is 0 Å². The van der Waals surface area contributed by atoms with Gasteiger partial charge in [0.15, 0.2) is 0 Å². The summed E-state index contributed by atoms with van der Waals surface area (Å²) in [6, 6.07) is 10.4.